The smallest absolute Gasteiger partial charge is 0.0619 e. The Labute approximate surface area is 104 Å². The fourth-order valence-corrected chi connectivity index (χ4v) is 1.95. The zero-order chi connectivity index (χ0) is 12.5. The van der Waals surface area contributed by atoms with E-state index in [0.29, 0.717) is 18.7 Å². The topological polar surface area (TPSA) is 41.5 Å². The van der Waals surface area contributed by atoms with Gasteiger partial charge >= 0.3 is 0 Å². The van der Waals surface area contributed by atoms with Gasteiger partial charge in [0.1, 0.15) is 0 Å². The molecule has 0 bridgehead atoms. The van der Waals surface area contributed by atoms with Gasteiger partial charge in [-0.15, -0.1) is 0 Å². The molecule has 0 aliphatic heterocycles. The van der Waals surface area contributed by atoms with Crippen molar-refractivity contribution in [1.29, 1.82) is 0 Å². The van der Waals surface area contributed by atoms with Crippen LogP contribution in [0.2, 0.25) is 0 Å². The Kier molecular flexibility index (Phi) is 6.86. The Hall–Kier alpha value is -0.900. The molecule has 1 rings (SSSR count). The molecular weight excluding hydrogens is 214 g/mol. The Morgan fingerprint density at radius 3 is 2.59 bits per heavy atom. The predicted octanol–water partition coefficient (Wildman–Crippen LogP) is 1.60. The summed E-state index contributed by atoms with van der Waals surface area (Å²) in [5.41, 5.74) is 1.30. The molecule has 0 saturated carbocycles. The lowest BCUT2D eigenvalue weighted by Crippen LogP contribution is -2.41. The van der Waals surface area contributed by atoms with E-state index in [1.54, 1.807) is 7.11 Å². The van der Waals surface area contributed by atoms with Crippen LogP contribution in [0, 0.1) is 0 Å². The Morgan fingerprint density at radius 1 is 1.29 bits per heavy atom. The summed E-state index contributed by atoms with van der Waals surface area (Å²) in [4.78, 5) is 0. The predicted molar refractivity (Wildman–Crippen MR) is 70.1 cm³/mol. The molecule has 0 aliphatic carbocycles. The fourth-order valence-electron chi connectivity index (χ4n) is 1.95. The highest BCUT2D eigenvalue weighted by Crippen LogP contribution is 2.05. The fraction of sp³-hybridized carbons (Fsp3) is 0.571. The molecular formula is C14H23NO2. The lowest BCUT2D eigenvalue weighted by Gasteiger charge is -2.22. The van der Waals surface area contributed by atoms with Crippen LogP contribution in [0.4, 0.5) is 0 Å². The molecule has 0 saturated heterocycles. The Bertz CT molecular complexity index is 290. The van der Waals surface area contributed by atoms with Crippen LogP contribution in [0.1, 0.15) is 18.9 Å². The number of aliphatic hydroxyl groups excluding tert-OH is 1. The quantitative estimate of drug-likeness (QED) is 0.721. The lowest BCUT2D eigenvalue weighted by molar-refractivity contribution is 0.157. The SMILES string of the molecule is COCC(Cc1ccccc1)N[C@H](C)CCO. The van der Waals surface area contributed by atoms with E-state index in [1.807, 2.05) is 6.07 Å². The number of hydrogen-bond acceptors (Lipinski definition) is 3. The molecule has 3 nitrogen and oxygen atoms in total. The van der Waals surface area contributed by atoms with Crippen LogP contribution < -0.4 is 5.32 Å². The van der Waals surface area contributed by atoms with Gasteiger partial charge in [0.25, 0.3) is 0 Å². The van der Waals surface area contributed by atoms with Crippen molar-refractivity contribution in [1.82, 2.24) is 5.32 Å². The first-order chi connectivity index (χ1) is 8.26. The summed E-state index contributed by atoms with van der Waals surface area (Å²) in [7, 11) is 1.72. The van der Waals surface area contributed by atoms with E-state index in [4.69, 9.17) is 9.84 Å². The van der Waals surface area contributed by atoms with Gasteiger partial charge in [0.2, 0.25) is 0 Å². The summed E-state index contributed by atoms with van der Waals surface area (Å²) in [6, 6.07) is 11.0. The first-order valence-corrected chi connectivity index (χ1v) is 6.16. The second-order valence-electron chi connectivity index (χ2n) is 4.42. The van der Waals surface area contributed by atoms with E-state index in [0.717, 1.165) is 12.8 Å². The van der Waals surface area contributed by atoms with E-state index >= 15 is 0 Å². The van der Waals surface area contributed by atoms with Crippen LogP contribution in [0.15, 0.2) is 30.3 Å². The maximum absolute atomic E-state index is 8.90. The number of ether oxygens (including phenoxy) is 1. The van der Waals surface area contributed by atoms with Gasteiger partial charge in [-0.2, -0.15) is 0 Å². The van der Waals surface area contributed by atoms with Gasteiger partial charge in [-0.05, 0) is 25.3 Å². The van der Waals surface area contributed by atoms with Crippen molar-refractivity contribution < 1.29 is 9.84 Å². The summed E-state index contributed by atoms with van der Waals surface area (Å²) >= 11 is 0. The first kappa shape index (κ1) is 14.2. The number of nitrogens with one attached hydrogen (secondary N) is 1. The van der Waals surface area contributed by atoms with Crippen molar-refractivity contribution in [2.75, 3.05) is 20.3 Å². The monoisotopic (exact) mass is 237 g/mol. The van der Waals surface area contributed by atoms with Crippen molar-refractivity contribution in [3.05, 3.63) is 35.9 Å². The molecule has 0 heterocycles. The average molecular weight is 237 g/mol. The second-order valence-corrected chi connectivity index (χ2v) is 4.42. The van der Waals surface area contributed by atoms with Crippen molar-refractivity contribution in [3.63, 3.8) is 0 Å². The number of aliphatic hydroxyl groups is 1. The van der Waals surface area contributed by atoms with Crippen LogP contribution in [-0.2, 0) is 11.2 Å². The van der Waals surface area contributed by atoms with Crippen LogP contribution in [0.25, 0.3) is 0 Å². The van der Waals surface area contributed by atoms with E-state index < -0.39 is 0 Å². The third kappa shape index (κ3) is 5.82. The minimum absolute atomic E-state index is 0.221. The van der Waals surface area contributed by atoms with E-state index in [2.05, 4.69) is 36.5 Å². The number of benzene rings is 1. The molecule has 96 valence electrons. The number of rotatable bonds is 8. The van der Waals surface area contributed by atoms with E-state index in [1.165, 1.54) is 5.56 Å². The molecule has 17 heavy (non-hydrogen) atoms. The molecule has 0 radical (unpaired) electrons. The second kappa shape index (κ2) is 8.23. The highest BCUT2D eigenvalue weighted by atomic mass is 16.5. The maximum atomic E-state index is 8.90. The van der Waals surface area contributed by atoms with Gasteiger partial charge < -0.3 is 15.2 Å². The van der Waals surface area contributed by atoms with Crippen LogP contribution in [-0.4, -0.2) is 37.5 Å². The van der Waals surface area contributed by atoms with Crippen molar-refractivity contribution >= 4 is 0 Å². The standard InChI is InChI=1S/C14H23NO2/c1-12(8-9-16)15-14(11-17-2)10-13-6-4-3-5-7-13/h3-7,12,14-16H,8-11H2,1-2H3/t12-,14?/m1/s1. The molecule has 0 aromatic heterocycles. The third-order valence-electron chi connectivity index (χ3n) is 2.78. The highest BCUT2D eigenvalue weighted by Gasteiger charge is 2.12. The van der Waals surface area contributed by atoms with Gasteiger partial charge in [0, 0.05) is 25.8 Å². The molecule has 2 N–H and O–H groups in total. The van der Waals surface area contributed by atoms with Gasteiger partial charge in [0.15, 0.2) is 0 Å². The van der Waals surface area contributed by atoms with Crippen molar-refractivity contribution in [2.24, 2.45) is 0 Å². The molecule has 2 atom stereocenters. The lowest BCUT2D eigenvalue weighted by atomic mass is 10.1. The molecule has 1 aromatic rings. The van der Waals surface area contributed by atoms with Crippen molar-refractivity contribution in [3.8, 4) is 0 Å². The normalized spacial score (nSPS) is 14.5. The summed E-state index contributed by atoms with van der Waals surface area (Å²) < 4.78 is 5.23. The molecule has 0 aliphatic rings. The van der Waals surface area contributed by atoms with E-state index in [9.17, 15) is 0 Å². The van der Waals surface area contributed by atoms with Crippen LogP contribution >= 0.6 is 0 Å². The van der Waals surface area contributed by atoms with Gasteiger partial charge in [-0.1, -0.05) is 30.3 Å². The summed E-state index contributed by atoms with van der Waals surface area (Å²) in [6.07, 6.45) is 1.72. The minimum Gasteiger partial charge on any atom is -0.396 e. The van der Waals surface area contributed by atoms with Crippen molar-refractivity contribution in [2.45, 2.75) is 31.8 Å². The Morgan fingerprint density at radius 2 is 2.00 bits per heavy atom. The van der Waals surface area contributed by atoms with Crippen LogP contribution in [0.3, 0.4) is 0 Å². The molecule has 3 heteroatoms. The zero-order valence-corrected chi connectivity index (χ0v) is 10.7. The molecule has 0 fully saturated rings. The minimum atomic E-state index is 0.221. The molecule has 0 spiro atoms. The largest absolute Gasteiger partial charge is 0.396 e. The van der Waals surface area contributed by atoms with Gasteiger partial charge in [-0.25, -0.2) is 0 Å². The first-order valence-electron chi connectivity index (χ1n) is 6.16. The number of methoxy groups -OCH3 is 1. The Balaban J connectivity index is 2.48. The maximum Gasteiger partial charge on any atom is 0.0619 e. The average Bonchev–Trinajstić information content (AvgIpc) is 2.31. The molecule has 1 unspecified atom stereocenters. The summed E-state index contributed by atoms with van der Waals surface area (Å²) in [5, 5.41) is 12.4. The molecule has 0 amide bonds. The van der Waals surface area contributed by atoms with E-state index in [-0.39, 0.29) is 6.61 Å². The zero-order valence-electron chi connectivity index (χ0n) is 10.7. The third-order valence-corrected chi connectivity index (χ3v) is 2.78. The highest BCUT2D eigenvalue weighted by molar-refractivity contribution is 5.15. The number of hydrogen-bond donors (Lipinski definition) is 2. The van der Waals surface area contributed by atoms with Gasteiger partial charge in [-0.3, -0.25) is 0 Å². The van der Waals surface area contributed by atoms with Gasteiger partial charge in [0.05, 0.1) is 6.61 Å². The van der Waals surface area contributed by atoms with Crippen LogP contribution in [0.5, 0.6) is 0 Å². The summed E-state index contributed by atoms with van der Waals surface area (Å²) in [6.45, 7) is 2.99. The molecule has 1 aromatic carbocycles. The summed E-state index contributed by atoms with van der Waals surface area (Å²) in [5.74, 6) is 0.